The Morgan fingerprint density at radius 2 is 2.36 bits per heavy atom. The van der Waals surface area contributed by atoms with Crippen molar-refractivity contribution >= 4 is 26.2 Å². The van der Waals surface area contributed by atoms with Gasteiger partial charge in [-0.1, -0.05) is 0 Å². The summed E-state index contributed by atoms with van der Waals surface area (Å²) < 4.78 is 1.28. The van der Waals surface area contributed by atoms with Gasteiger partial charge in [-0.05, 0) is 0 Å². The van der Waals surface area contributed by atoms with E-state index >= 15 is 0 Å². The summed E-state index contributed by atoms with van der Waals surface area (Å²) in [4.78, 5) is 0. The topological polar surface area (TPSA) is 25.8 Å². The quantitative estimate of drug-likeness (QED) is 0.701. The van der Waals surface area contributed by atoms with E-state index in [-0.39, 0.29) is 0 Å². The van der Waals surface area contributed by atoms with E-state index in [1.807, 2.05) is 0 Å². The van der Waals surface area contributed by atoms with Gasteiger partial charge < -0.3 is 0 Å². The third-order valence-electron chi connectivity index (χ3n) is 1.81. The minimum atomic E-state index is 0.510. The summed E-state index contributed by atoms with van der Waals surface area (Å²) in [5, 5.41) is 7.93. The first-order chi connectivity index (χ1) is 5.34. The molecule has 0 aliphatic heterocycles. The van der Waals surface area contributed by atoms with Crippen LogP contribution in [0.3, 0.4) is 0 Å². The van der Waals surface area contributed by atoms with Gasteiger partial charge in [-0.3, -0.25) is 0 Å². The molecule has 0 bridgehead atoms. The Kier molecular flexibility index (Phi) is 3.83. The summed E-state index contributed by atoms with van der Waals surface area (Å²) in [5.74, 6) is 0. The van der Waals surface area contributed by atoms with Crippen LogP contribution in [0.2, 0.25) is 0 Å². The van der Waals surface area contributed by atoms with Gasteiger partial charge in [0.2, 0.25) is 0 Å². The third kappa shape index (κ3) is 2.77. The summed E-state index contributed by atoms with van der Waals surface area (Å²) in [5.41, 5.74) is 1.43. The molecule has 0 unspecified atom stereocenters. The van der Waals surface area contributed by atoms with Gasteiger partial charge in [0.05, 0.1) is 0 Å². The molecule has 2 nitrogen and oxygen atoms in total. The molecule has 0 aliphatic rings. The van der Waals surface area contributed by atoms with Crippen molar-refractivity contribution in [2.24, 2.45) is 0 Å². The molecule has 0 atom stereocenters. The average molecular weight is 257 g/mol. The molecule has 1 aromatic rings. The molecule has 1 rings (SSSR count). The molecule has 0 N–H and O–H groups in total. The Labute approximate surface area is 80.5 Å². The maximum atomic E-state index is 4.08. The van der Waals surface area contributed by atoms with E-state index in [0.717, 1.165) is 0 Å². The van der Waals surface area contributed by atoms with Crippen LogP contribution in [-0.4, -0.2) is 32.7 Å². The van der Waals surface area contributed by atoms with Gasteiger partial charge in [-0.25, -0.2) is 0 Å². The number of nitrogens with zero attached hydrogens (tertiary/aromatic N) is 2. The number of unbranched alkanes of at least 4 members (excludes halogenated alkanes) is 1. The number of rotatable bonds is 3. The van der Waals surface area contributed by atoms with Crippen LogP contribution in [0.5, 0.6) is 0 Å². The van der Waals surface area contributed by atoms with Crippen LogP contribution in [0.1, 0.15) is 25.3 Å². The Morgan fingerprint density at radius 1 is 1.55 bits per heavy atom. The monoisotopic (exact) mass is 258 g/mol. The molecule has 0 saturated heterocycles. The molecule has 1 aromatic heterocycles. The first-order valence-electron chi connectivity index (χ1n) is 4.11. The van der Waals surface area contributed by atoms with Crippen molar-refractivity contribution in [3.8, 4) is 0 Å². The van der Waals surface area contributed by atoms with E-state index < -0.39 is 0 Å². The normalized spacial score (nSPS) is 10.3. The van der Waals surface area contributed by atoms with Gasteiger partial charge in [-0.15, -0.1) is 0 Å². The van der Waals surface area contributed by atoms with Gasteiger partial charge in [-0.2, -0.15) is 0 Å². The van der Waals surface area contributed by atoms with Crippen LogP contribution < -0.4 is 3.71 Å². The molecule has 0 aromatic carbocycles. The zero-order valence-electron chi connectivity index (χ0n) is 7.17. The van der Waals surface area contributed by atoms with Gasteiger partial charge in [0.15, 0.2) is 0 Å². The molecule has 1 heterocycles. The number of aromatic nitrogens is 2. The Hall–Kier alpha value is -0.121. The van der Waals surface area contributed by atoms with Crippen molar-refractivity contribution in [2.75, 3.05) is 0 Å². The van der Waals surface area contributed by atoms with Crippen molar-refractivity contribution in [3.63, 3.8) is 0 Å². The van der Waals surface area contributed by atoms with Crippen LogP contribution in [-0.2, 0) is 6.42 Å². The summed E-state index contributed by atoms with van der Waals surface area (Å²) in [6.45, 7) is 2.22. The standard InChI is InChI=1S/C8H11N2.Sn.3H/c1-2-3-4-8-5-6-9-10-7-8;;;;/h5-6H,2-4H2,1H3;;;;. The van der Waals surface area contributed by atoms with Crippen molar-refractivity contribution < 1.29 is 0 Å². The van der Waals surface area contributed by atoms with Crippen LogP contribution >= 0.6 is 0 Å². The molecular weight excluding hydrogens is 243 g/mol. The van der Waals surface area contributed by atoms with Crippen molar-refractivity contribution in [1.29, 1.82) is 0 Å². The van der Waals surface area contributed by atoms with Gasteiger partial charge in [0, 0.05) is 0 Å². The molecule has 0 saturated carbocycles. The SMILES string of the molecule is CCCCc1ccnn[c]1[SnH3]. The van der Waals surface area contributed by atoms with Crippen LogP contribution in [0, 0.1) is 0 Å². The zero-order valence-corrected chi connectivity index (χ0v) is 12.9. The van der Waals surface area contributed by atoms with Crippen LogP contribution in [0.25, 0.3) is 0 Å². The second-order valence-electron chi connectivity index (χ2n) is 2.75. The Bertz CT molecular complexity index is 225. The predicted octanol–water partition coefficient (Wildman–Crippen LogP) is -0.190. The Morgan fingerprint density at radius 3 is 3.00 bits per heavy atom. The summed E-state index contributed by atoms with van der Waals surface area (Å²) in [6, 6.07) is 2.11. The molecule has 0 fully saturated rings. The fourth-order valence-electron chi connectivity index (χ4n) is 1.06. The van der Waals surface area contributed by atoms with E-state index in [9.17, 15) is 0 Å². The summed E-state index contributed by atoms with van der Waals surface area (Å²) in [6.07, 6.45) is 5.52. The second-order valence-corrected chi connectivity index (χ2v) is 5.45. The first kappa shape index (κ1) is 8.97. The van der Waals surface area contributed by atoms with Crippen molar-refractivity contribution in [3.05, 3.63) is 17.8 Å². The Balaban J connectivity index is 2.62. The van der Waals surface area contributed by atoms with Crippen LogP contribution in [0.4, 0.5) is 0 Å². The molecule has 0 spiro atoms. The fraction of sp³-hybridized carbons (Fsp3) is 0.500. The van der Waals surface area contributed by atoms with Crippen molar-refractivity contribution in [2.45, 2.75) is 26.2 Å². The van der Waals surface area contributed by atoms with Gasteiger partial charge >= 0.3 is 80.4 Å². The zero-order chi connectivity index (χ0) is 8.10. The summed E-state index contributed by atoms with van der Waals surface area (Å²) in [7, 11) is 0. The predicted molar refractivity (Wildman–Crippen MR) is 50.2 cm³/mol. The van der Waals surface area contributed by atoms with E-state index in [1.165, 1.54) is 28.5 Å². The number of hydrogen-bond donors (Lipinski definition) is 0. The van der Waals surface area contributed by atoms with Crippen molar-refractivity contribution in [1.82, 2.24) is 10.2 Å². The van der Waals surface area contributed by atoms with E-state index in [1.54, 1.807) is 6.20 Å². The van der Waals surface area contributed by atoms with Gasteiger partial charge in [0.25, 0.3) is 0 Å². The molecule has 0 amide bonds. The average Bonchev–Trinajstić information content (AvgIpc) is 2.03. The van der Waals surface area contributed by atoms with E-state index in [2.05, 4.69) is 23.2 Å². The van der Waals surface area contributed by atoms with Gasteiger partial charge in [0.1, 0.15) is 0 Å². The molecule has 0 radical (unpaired) electrons. The van der Waals surface area contributed by atoms with E-state index in [0.29, 0.717) is 22.5 Å². The molecule has 3 heteroatoms. The maximum absolute atomic E-state index is 4.08. The fourth-order valence-corrected chi connectivity index (χ4v) is 2.58. The number of aryl methyl sites for hydroxylation is 1. The van der Waals surface area contributed by atoms with Crippen LogP contribution in [0.15, 0.2) is 12.3 Å². The van der Waals surface area contributed by atoms with E-state index in [4.69, 9.17) is 0 Å². The first-order valence-corrected chi connectivity index (χ1v) is 6.97. The third-order valence-corrected chi connectivity index (χ3v) is 4.22. The minimum absolute atomic E-state index is 0.510. The number of hydrogen-bond acceptors (Lipinski definition) is 2. The molecule has 0 aliphatic carbocycles. The summed E-state index contributed by atoms with van der Waals surface area (Å²) >= 11 is 0.510. The second kappa shape index (κ2) is 4.70. The molecule has 11 heavy (non-hydrogen) atoms. The molecule has 60 valence electrons. The molecular formula is C8H14N2Sn.